The van der Waals surface area contributed by atoms with E-state index in [1.165, 1.54) is 38.9 Å². The standard InChI is InChI=1S/C16H30N4.HI/c1-14-7-5-11-20(13-14)12-6-10-18-16(17-2)19-15-8-3-4-9-15;/h3-4,14-15H,5-13H2,1-2H3,(H2,17,18,19);1H. The van der Waals surface area contributed by atoms with Gasteiger partial charge in [-0.05, 0) is 51.1 Å². The highest BCUT2D eigenvalue weighted by molar-refractivity contribution is 14.0. The van der Waals surface area contributed by atoms with E-state index in [4.69, 9.17) is 0 Å². The van der Waals surface area contributed by atoms with E-state index in [-0.39, 0.29) is 24.0 Å². The molecule has 1 saturated heterocycles. The minimum atomic E-state index is 0. The van der Waals surface area contributed by atoms with Crippen molar-refractivity contribution in [2.75, 3.05) is 33.2 Å². The maximum Gasteiger partial charge on any atom is 0.191 e. The first kappa shape index (κ1) is 18.7. The second-order valence-electron chi connectivity index (χ2n) is 6.18. The van der Waals surface area contributed by atoms with Gasteiger partial charge in [0, 0.05) is 26.2 Å². The molecule has 21 heavy (non-hydrogen) atoms. The van der Waals surface area contributed by atoms with Crippen LogP contribution in [0.5, 0.6) is 0 Å². The molecule has 0 aromatic rings. The molecule has 0 saturated carbocycles. The van der Waals surface area contributed by atoms with Crippen LogP contribution >= 0.6 is 24.0 Å². The summed E-state index contributed by atoms with van der Waals surface area (Å²) in [6, 6.07) is 0.532. The van der Waals surface area contributed by atoms with Crippen molar-refractivity contribution in [2.24, 2.45) is 10.9 Å². The van der Waals surface area contributed by atoms with Crippen molar-refractivity contribution in [1.29, 1.82) is 0 Å². The number of hydrogen-bond donors (Lipinski definition) is 2. The Labute approximate surface area is 146 Å². The van der Waals surface area contributed by atoms with Gasteiger partial charge in [0.05, 0.1) is 0 Å². The van der Waals surface area contributed by atoms with E-state index in [0.717, 1.165) is 31.3 Å². The number of rotatable bonds is 5. The number of piperidine rings is 1. The monoisotopic (exact) mass is 406 g/mol. The van der Waals surface area contributed by atoms with Gasteiger partial charge in [0.1, 0.15) is 0 Å². The Morgan fingerprint density at radius 3 is 2.76 bits per heavy atom. The van der Waals surface area contributed by atoms with Gasteiger partial charge in [-0.1, -0.05) is 19.1 Å². The van der Waals surface area contributed by atoms with Gasteiger partial charge < -0.3 is 15.5 Å². The molecule has 0 aromatic heterocycles. The third-order valence-corrected chi connectivity index (χ3v) is 4.26. The van der Waals surface area contributed by atoms with Crippen LogP contribution in [0, 0.1) is 5.92 Å². The molecule has 2 rings (SSSR count). The minimum Gasteiger partial charge on any atom is -0.356 e. The van der Waals surface area contributed by atoms with Crippen molar-refractivity contribution in [3.8, 4) is 0 Å². The molecule has 0 amide bonds. The van der Waals surface area contributed by atoms with E-state index < -0.39 is 0 Å². The average molecular weight is 406 g/mol. The summed E-state index contributed by atoms with van der Waals surface area (Å²) in [5, 5.41) is 6.91. The van der Waals surface area contributed by atoms with Crippen molar-refractivity contribution in [3.05, 3.63) is 12.2 Å². The zero-order valence-electron chi connectivity index (χ0n) is 13.5. The van der Waals surface area contributed by atoms with Crippen LogP contribution in [0.25, 0.3) is 0 Å². The maximum atomic E-state index is 4.30. The third-order valence-electron chi connectivity index (χ3n) is 4.26. The lowest BCUT2D eigenvalue weighted by molar-refractivity contribution is 0.182. The molecular weight excluding hydrogens is 375 g/mol. The Morgan fingerprint density at radius 2 is 2.10 bits per heavy atom. The quantitative estimate of drug-likeness (QED) is 0.243. The van der Waals surface area contributed by atoms with Crippen molar-refractivity contribution < 1.29 is 0 Å². The van der Waals surface area contributed by atoms with Crippen molar-refractivity contribution in [3.63, 3.8) is 0 Å². The molecule has 1 fully saturated rings. The number of nitrogens with one attached hydrogen (secondary N) is 2. The van der Waals surface area contributed by atoms with Gasteiger partial charge in [0.2, 0.25) is 0 Å². The number of halogens is 1. The van der Waals surface area contributed by atoms with Crippen LogP contribution in [0.15, 0.2) is 17.1 Å². The second-order valence-corrected chi connectivity index (χ2v) is 6.18. The van der Waals surface area contributed by atoms with E-state index in [1.54, 1.807) is 0 Å². The molecule has 2 N–H and O–H groups in total. The molecule has 4 nitrogen and oxygen atoms in total. The molecule has 1 atom stereocenters. The highest BCUT2D eigenvalue weighted by atomic mass is 127. The van der Waals surface area contributed by atoms with Crippen LogP contribution in [-0.2, 0) is 0 Å². The summed E-state index contributed by atoms with van der Waals surface area (Å²) in [7, 11) is 1.85. The van der Waals surface area contributed by atoms with E-state index in [2.05, 4.69) is 39.6 Å². The summed E-state index contributed by atoms with van der Waals surface area (Å²) in [4.78, 5) is 6.91. The van der Waals surface area contributed by atoms with Crippen molar-refractivity contribution in [1.82, 2.24) is 15.5 Å². The number of likely N-dealkylation sites (tertiary alicyclic amines) is 1. The molecule has 0 spiro atoms. The minimum absolute atomic E-state index is 0. The Kier molecular flexibility index (Phi) is 9.31. The summed E-state index contributed by atoms with van der Waals surface area (Å²) >= 11 is 0. The molecule has 1 aliphatic heterocycles. The smallest absolute Gasteiger partial charge is 0.191 e. The lowest BCUT2D eigenvalue weighted by Gasteiger charge is -2.30. The first-order valence-corrected chi connectivity index (χ1v) is 8.12. The van der Waals surface area contributed by atoms with Crippen molar-refractivity contribution in [2.45, 2.75) is 45.1 Å². The number of aliphatic imine (C=N–C) groups is 1. The predicted molar refractivity (Wildman–Crippen MR) is 102 cm³/mol. The normalized spacial score (nSPS) is 23.9. The summed E-state index contributed by atoms with van der Waals surface area (Å²) < 4.78 is 0. The van der Waals surface area contributed by atoms with Gasteiger partial charge >= 0.3 is 0 Å². The summed E-state index contributed by atoms with van der Waals surface area (Å²) in [6.07, 6.45) is 10.7. The van der Waals surface area contributed by atoms with E-state index in [1.807, 2.05) is 7.05 Å². The lowest BCUT2D eigenvalue weighted by Crippen LogP contribution is -2.43. The molecule has 5 heteroatoms. The number of hydrogen-bond acceptors (Lipinski definition) is 2. The number of nitrogens with zero attached hydrogens (tertiary/aromatic N) is 2. The fraction of sp³-hybridized carbons (Fsp3) is 0.812. The van der Waals surface area contributed by atoms with Gasteiger partial charge in [0.15, 0.2) is 5.96 Å². The Balaban J connectivity index is 0.00000220. The van der Waals surface area contributed by atoms with Crippen LogP contribution in [0.1, 0.15) is 39.0 Å². The van der Waals surface area contributed by atoms with Gasteiger partial charge in [-0.3, -0.25) is 4.99 Å². The predicted octanol–water partition coefficient (Wildman–Crippen LogP) is 2.61. The van der Waals surface area contributed by atoms with Gasteiger partial charge in [-0.15, -0.1) is 24.0 Å². The highest BCUT2D eigenvalue weighted by Gasteiger charge is 2.15. The fourth-order valence-corrected chi connectivity index (χ4v) is 3.12. The average Bonchev–Trinajstić information content (AvgIpc) is 2.95. The van der Waals surface area contributed by atoms with Gasteiger partial charge in [-0.25, -0.2) is 0 Å². The molecule has 1 unspecified atom stereocenters. The second kappa shape index (κ2) is 10.4. The SMILES string of the molecule is CN=C(NCCCN1CCCC(C)C1)NC1CC=CC1.I. The summed E-state index contributed by atoms with van der Waals surface area (Å²) in [5.74, 6) is 1.83. The molecule has 1 heterocycles. The van der Waals surface area contributed by atoms with E-state index in [0.29, 0.717) is 6.04 Å². The van der Waals surface area contributed by atoms with Crippen LogP contribution in [0.3, 0.4) is 0 Å². The largest absolute Gasteiger partial charge is 0.356 e. The Hall–Kier alpha value is -0.300. The zero-order valence-corrected chi connectivity index (χ0v) is 15.8. The molecule has 1 aliphatic carbocycles. The number of guanidine groups is 1. The van der Waals surface area contributed by atoms with Crippen LogP contribution < -0.4 is 10.6 Å². The van der Waals surface area contributed by atoms with Crippen LogP contribution in [0.4, 0.5) is 0 Å². The first-order valence-electron chi connectivity index (χ1n) is 8.12. The molecule has 0 bridgehead atoms. The van der Waals surface area contributed by atoms with Crippen LogP contribution in [-0.4, -0.2) is 50.1 Å². The topological polar surface area (TPSA) is 39.7 Å². The van der Waals surface area contributed by atoms with E-state index in [9.17, 15) is 0 Å². The zero-order chi connectivity index (χ0) is 14.2. The highest BCUT2D eigenvalue weighted by Crippen LogP contribution is 2.15. The third kappa shape index (κ3) is 7.00. The molecule has 0 aromatic carbocycles. The van der Waals surface area contributed by atoms with Gasteiger partial charge in [-0.2, -0.15) is 0 Å². The van der Waals surface area contributed by atoms with Crippen molar-refractivity contribution >= 4 is 29.9 Å². The Morgan fingerprint density at radius 1 is 1.33 bits per heavy atom. The fourth-order valence-electron chi connectivity index (χ4n) is 3.12. The molecular formula is C16H31IN4. The first-order chi connectivity index (χ1) is 9.78. The van der Waals surface area contributed by atoms with Crippen LogP contribution in [0.2, 0.25) is 0 Å². The Bertz CT molecular complexity index is 335. The molecule has 122 valence electrons. The molecule has 0 radical (unpaired) electrons. The summed E-state index contributed by atoms with van der Waals surface area (Å²) in [6.45, 7) is 7.14. The van der Waals surface area contributed by atoms with Gasteiger partial charge in [0.25, 0.3) is 0 Å². The maximum absolute atomic E-state index is 4.30. The summed E-state index contributed by atoms with van der Waals surface area (Å²) in [5.41, 5.74) is 0. The molecule has 2 aliphatic rings. The lowest BCUT2D eigenvalue weighted by atomic mass is 10.0. The van der Waals surface area contributed by atoms with E-state index >= 15 is 0 Å².